The van der Waals surface area contributed by atoms with Crippen LogP contribution >= 0.6 is 45.2 Å². The number of hydrogen-bond acceptors (Lipinski definition) is 1. The van der Waals surface area contributed by atoms with Crippen molar-refractivity contribution in [3.8, 4) is 0 Å². The predicted octanol–water partition coefficient (Wildman–Crippen LogP) is 4.85. The van der Waals surface area contributed by atoms with Gasteiger partial charge in [-0.3, -0.25) is 4.40 Å². The fraction of sp³-hybridized carbons (Fsp3) is 0. The quantitative estimate of drug-likeness (QED) is 0.266. The molecule has 0 radical (unpaired) electrons. The number of para-hydroxylation sites is 1. The molecule has 2 aromatic carbocycles. The number of benzene rings is 2. The predicted molar refractivity (Wildman–Crippen MR) is 95.6 cm³/mol. The minimum Gasteiger partial charge on any atom is -0.298 e. The van der Waals surface area contributed by atoms with Gasteiger partial charge in [-0.05, 0) is 68.8 Å². The molecule has 2 aromatic heterocycles. The van der Waals surface area contributed by atoms with Gasteiger partial charge in [0.2, 0.25) is 0 Å². The summed E-state index contributed by atoms with van der Waals surface area (Å²) in [6.45, 7) is 0. The lowest BCUT2D eigenvalue weighted by molar-refractivity contribution is 1.27. The molecule has 0 fully saturated rings. The Balaban J connectivity index is 2.42. The van der Waals surface area contributed by atoms with E-state index in [4.69, 9.17) is 0 Å². The molecule has 0 aliphatic rings. The van der Waals surface area contributed by atoms with Crippen molar-refractivity contribution in [2.45, 2.75) is 0 Å². The van der Waals surface area contributed by atoms with Gasteiger partial charge in [-0.25, -0.2) is 4.98 Å². The number of rotatable bonds is 0. The molecule has 2 heterocycles. The van der Waals surface area contributed by atoms with Gasteiger partial charge >= 0.3 is 0 Å². The molecule has 0 atom stereocenters. The Kier molecular flexibility index (Phi) is 2.70. The summed E-state index contributed by atoms with van der Waals surface area (Å²) in [6.07, 6.45) is 2.09. The highest BCUT2D eigenvalue weighted by Gasteiger charge is 2.10. The molecule has 0 spiro atoms. The van der Waals surface area contributed by atoms with Crippen LogP contribution in [-0.4, -0.2) is 9.38 Å². The van der Waals surface area contributed by atoms with Crippen LogP contribution in [0, 0.1) is 7.27 Å². The summed E-state index contributed by atoms with van der Waals surface area (Å²) in [5, 5.41) is 3.76. The van der Waals surface area contributed by atoms with E-state index in [0.29, 0.717) is 0 Å². The summed E-state index contributed by atoms with van der Waals surface area (Å²) in [5.41, 5.74) is 2.25. The molecule has 4 rings (SSSR count). The molecule has 0 saturated carbocycles. The van der Waals surface area contributed by atoms with Gasteiger partial charge in [0, 0.05) is 20.5 Å². The van der Waals surface area contributed by atoms with Gasteiger partial charge < -0.3 is 0 Å². The second-order valence-corrected chi connectivity index (χ2v) is 6.82. The zero-order chi connectivity index (χ0) is 13.0. The highest BCUT2D eigenvalue weighted by molar-refractivity contribution is 14.1. The molecule has 0 unspecified atom stereocenters. The van der Waals surface area contributed by atoms with E-state index < -0.39 is 0 Å². The lowest BCUT2D eigenvalue weighted by atomic mass is 10.1. The van der Waals surface area contributed by atoms with Crippen molar-refractivity contribution >= 4 is 72.5 Å². The van der Waals surface area contributed by atoms with Crippen LogP contribution in [0.3, 0.4) is 0 Å². The van der Waals surface area contributed by atoms with Crippen molar-refractivity contribution in [1.82, 2.24) is 9.38 Å². The van der Waals surface area contributed by atoms with Crippen LogP contribution < -0.4 is 0 Å². The van der Waals surface area contributed by atoms with Gasteiger partial charge in [-0.2, -0.15) is 0 Å². The first-order valence-corrected chi connectivity index (χ1v) is 8.04. The van der Waals surface area contributed by atoms with E-state index in [2.05, 4.69) is 103 Å². The highest BCUT2D eigenvalue weighted by atomic mass is 127. The van der Waals surface area contributed by atoms with Crippen LogP contribution in [0.15, 0.2) is 48.7 Å². The summed E-state index contributed by atoms with van der Waals surface area (Å²) in [4.78, 5) is 4.68. The van der Waals surface area contributed by atoms with E-state index in [1.807, 2.05) is 0 Å². The van der Waals surface area contributed by atoms with Crippen molar-refractivity contribution in [2.24, 2.45) is 0 Å². The Morgan fingerprint density at radius 1 is 0.895 bits per heavy atom. The maximum absolute atomic E-state index is 4.68. The monoisotopic (exact) mass is 470 g/mol. The fourth-order valence-electron chi connectivity index (χ4n) is 2.57. The van der Waals surface area contributed by atoms with Gasteiger partial charge in [-0.15, -0.1) is 0 Å². The minimum atomic E-state index is 1.02. The Bertz CT molecular complexity index is 941. The zero-order valence-corrected chi connectivity index (χ0v) is 14.1. The normalized spacial score (nSPS) is 11.7. The van der Waals surface area contributed by atoms with Crippen LogP contribution in [0.1, 0.15) is 0 Å². The van der Waals surface area contributed by atoms with E-state index >= 15 is 0 Å². The summed E-state index contributed by atoms with van der Waals surface area (Å²) >= 11 is 4.63. The van der Waals surface area contributed by atoms with Crippen LogP contribution in [-0.2, 0) is 0 Å². The molecule has 0 amide bonds. The zero-order valence-electron chi connectivity index (χ0n) is 9.77. The van der Waals surface area contributed by atoms with E-state index in [1.54, 1.807) is 0 Å². The van der Waals surface area contributed by atoms with Crippen molar-refractivity contribution in [3.05, 3.63) is 55.9 Å². The van der Waals surface area contributed by atoms with Crippen LogP contribution in [0.2, 0.25) is 0 Å². The largest absolute Gasteiger partial charge is 0.298 e. The first-order valence-electron chi connectivity index (χ1n) is 5.88. The fourth-order valence-corrected chi connectivity index (χ4v) is 3.57. The molecular formula is C15H8I2N2. The van der Waals surface area contributed by atoms with E-state index in [0.717, 1.165) is 9.35 Å². The average molecular weight is 470 g/mol. The second-order valence-electron chi connectivity index (χ2n) is 4.46. The first kappa shape index (κ1) is 11.9. The van der Waals surface area contributed by atoms with E-state index in [1.165, 1.54) is 25.2 Å². The third-order valence-corrected chi connectivity index (χ3v) is 4.54. The number of fused-ring (bicyclic) bond motifs is 6. The summed E-state index contributed by atoms with van der Waals surface area (Å²) in [6, 6.07) is 15.1. The third kappa shape index (κ3) is 1.76. The minimum absolute atomic E-state index is 1.02. The van der Waals surface area contributed by atoms with E-state index in [9.17, 15) is 0 Å². The van der Waals surface area contributed by atoms with Crippen molar-refractivity contribution in [3.63, 3.8) is 0 Å². The second kappa shape index (κ2) is 4.31. The van der Waals surface area contributed by atoms with Gasteiger partial charge in [0.25, 0.3) is 0 Å². The average Bonchev–Trinajstić information content (AvgIpc) is 2.81. The van der Waals surface area contributed by atoms with Gasteiger partial charge in [0.1, 0.15) is 9.35 Å². The molecule has 92 valence electrons. The van der Waals surface area contributed by atoms with Crippen molar-refractivity contribution < 1.29 is 0 Å². The number of imidazole rings is 1. The molecule has 19 heavy (non-hydrogen) atoms. The molecule has 0 aliphatic heterocycles. The molecule has 0 aliphatic carbocycles. The molecule has 2 nitrogen and oxygen atoms in total. The molecule has 0 saturated heterocycles. The maximum Gasteiger partial charge on any atom is 0.146 e. The topological polar surface area (TPSA) is 17.3 Å². The number of aromatic nitrogens is 2. The summed E-state index contributed by atoms with van der Waals surface area (Å²) < 4.78 is 4.45. The van der Waals surface area contributed by atoms with Crippen molar-refractivity contribution in [1.29, 1.82) is 0 Å². The number of pyridine rings is 1. The molecule has 4 aromatic rings. The van der Waals surface area contributed by atoms with Crippen LogP contribution in [0.5, 0.6) is 0 Å². The van der Waals surface area contributed by atoms with Gasteiger partial charge in [0.15, 0.2) is 0 Å². The maximum atomic E-state index is 4.68. The van der Waals surface area contributed by atoms with Crippen LogP contribution in [0.25, 0.3) is 27.3 Å². The summed E-state index contributed by atoms with van der Waals surface area (Å²) in [7, 11) is 0. The molecule has 0 N–H and O–H groups in total. The molecular weight excluding hydrogens is 462 g/mol. The Hall–Kier alpha value is -0.890. The lowest BCUT2D eigenvalue weighted by Gasteiger charge is -2.08. The van der Waals surface area contributed by atoms with Crippen molar-refractivity contribution in [2.75, 3.05) is 0 Å². The SMILES string of the molecule is Ic1ccc2c3ccccc3n3cc(I)nc3c2c1. The lowest BCUT2D eigenvalue weighted by Crippen LogP contribution is -1.90. The molecule has 0 bridgehead atoms. The third-order valence-electron chi connectivity index (χ3n) is 3.35. The number of halogens is 2. The van der Waals surface area contributed by atoms with Gasteiger partial charge in [0.05, 0.1) is 5.52 Å². The van der Waals surface area contributed by atoms with Gasteiger partial charge in [-0.1, -0.05) is 24.3 Å². The number of nitrogens with zero attached hydrogens (tertiary/aromatic N) is 2. The van der Waals surface area contributed by atoms with Crippen LogP contribution in [0.4, 0.5) is 0 Å². The number of hydrogen-bond donors (Lipinski definition) is 0. The first-order chi connectivity index (χ1) is 9.24. The summed E-state index contributed by atoms with van der Waals surface area (Å²) in [5.74, 6) is 0. The van der Waals surface area contributed by atoms with E-state index in [-0.39, 0.29) is 0 Å². The Morgan fingerprint density at radius 2 is 1.74 bits per heavy atom. The smallest absolute Gasteiger partial charge is 0.146 e. The Labute approximate surface area is 137 Å². The molecule has 4 heteroatoms. The Morgan fingerprint density at radius 3 is 2.63 bits per heavy atom. The highest BCUT2D eigenvalue weighted by Crippen LogP contribution is 2.30. The standard InChI is InChI=1S/C15H8I2N2/c16-9-5-6-10-11-3-1-2-4-13(11)19-8-14(17)18-15(19)12(10)7-9/h1-8H.